The van der Waals surface area contributed by atoms with Crippen LogP contribution in [0.4, 0.5) is 10.1 Å². The standard InChI is InChI=1S/C20H16FN3O4S3/c1-22-16-15(25)23-17-19(21,11-20(23,18(22)26)30-29-16)13-9-5-6-10-14(13)24(17)31(27,28)12-7-3-2-4-8-12/h2-10,16-17H,11H2,1H3/t16-,17-,19-,20-/m0/s1. The van der Waals surface area contributed by atoms with Gasteiger partial charge in [-0.2, -0.15) is 0 Å². The zero-order valence-electron chi connectivity index (χ0n) is 16.1. The molecule has 0 saturated carbocycles. The number of carbonyl (C=O) groups excluding carboxylic acids is 2. The van der Waals surface area contributed by atoms with E-state index in [2.05, 4.69) is 0 Å². The average molecular weight is 478 g/mol. The maximum atomic E-state index is 16.9. The molecular weight excluding hydrogens is 461 g/mol. The van der Waals surface area contributed by atoms with Crippen molar-refractivity contribution in [2.45, 2.75) is 33.4 Å². The normalized spacial score (nSPS) is 33.5. The van der Waals surface area contributed by atoms with Gasteiger partial charge in [0.25, 0.3) is 21.8 Å². The second kappa shape index (κ2) is 5.96. The van der Waals surface area contributed by atoms with Crippen molar-refractivity contribution >= 4 is 49.1 Å². The lowest BCUT2D eigenvalue weighted by Crippen LogP contribution is -2.72. The Morgan fingerprint density at radius 3 is 2.48 bits per heavy atom. The maximum Gasteiger partial charge on any atom is 0.266 e. The Bertz CT molecular complexity index is 1260. The van der Waals surface area contributed by atoms with Crippen LogP contribution in [0, 0.1) is 0 Å². The number of alkyl halides is 1. The number of likely N-dealkylation sites (N-methyl/N-ethyl adjacent to an activating group) is 1. The minimum Gasteiger partial charge on any atom is -0.322 e. The number of halogens is 1. The Morgan fingerprint density at radius 2 is 1.74 bits per heavy atom. The van der Waals surface area contributed by atoms with Gasteiger partial charge in [0.2, 0.25) is 0 Å². The van der Waals surface area contributed by atoms with Gasteiger partial charge in [-0.3, -0.25) is 14.5 Å². The lowest BCUT2D eigenvalue weighted by atomic mass is 9.92. The summed E-state index contributed by atoms with van der Waals surface area (Å²) in [6.07, 6.45) is -1.77. The zero-order chi connectivity index (χ0) is 21.8. The molecular formula is C20H16FN3O4S3. The molecule has 4 saturated heterocycles. The third-order valence-corrected chi connectivity index (χ3v) is 11.4. The largest absolute Gasteiger partial charge is 0.322 e. The molecule has 1 spiro atoms. The van der Waals surface area contributed by atoms with Crippen LogP contribution in [0.15, 0.2) is 59.5 Å². The number of nitrogens with zero attached hydrogens (tertiary/aromatic N) is 3. The van der Waals surface area contributed by atoms with Gasteiger partial charge in [-0.05, 0) is 18.2 Å². The lowest BCUT2D eigenvalue weighted by Gasteiger charge is -2.53. The molecule has 0 aliphatic carbocycles. The van der Waals surface area contributed by atoms with Crippen molar-refractivity contribution in [3.63, 3.8) is 0 Å². The Morgan fingerprint density at radius 1 is 1.06 bits per heavy atom. The third kappa shape index (κ3) is 2.14. The molecule has 5 aliphatic heterocycles. The molecule has 4 atom stereocenters. The van der Waals surface area contributed by atoms with Gasteiger partial charge in [-0.25, -0.2) is 17.1 Å². The summed E-state index contributed by atoms with van der Waals surface area (Å²) in [5.41, 5.74) is -1.83. The zero-order valence-corrected chi connectivity index (χ0v) is 18.6. The molecule has 0 radical (unpaired) electrons. The minimum atomic E-state index is -4.21. The molecule has 2 bridgehead atoms. The number of hydrogen-bond acceptors (Lipinski definition) is 6. The average Bonchev–Trinajstić information content (AvgIpc) is 3.18. The Balaban J connectivity index is 1.62. The highest BCUT2D eigenvalue weighted by Crippen LogP contribution is 2.68. The Kier molecular flexibility index (Phi) is 3.74. The summed E-state index contributed by atoms with van der Waals surface area (Å²) in [7, 11) is -0.307. The van der Waals surface area contributed by atoms with E-state index >= 15 is 4.39 Å². The molecule has 0 aromatic heterocycles. The first-order valence-corrected chi connectivity index (χ1v) is 13.2. The number of anilines is 1. The van der Waals surface area contributed by atoms with Crippen LogP contribution in [0.2, 0.25) is 0 Å². The molecule has 7 nitrogen and oxygen atoms in total. The number of rotatable bonds is 2. The van der Waals surface area contributed by atoms with Crippen LogP contribution in [0.3, 0.4) is 0 Å². The van der Waals surface area contributed by atoms with E-state index in [1.54, 1.807) is 42.5 Å². The summed E-state index contributed by atoms with van der Waals surface area (Å²) in [5.74, 6) is -0.821. The summed E-state index contributed by atoms with van der Waals surface area (Å²) in [4.78, 5) is 27.6. The first-order valence-electron chi connectivity index (χ1n) is 9.56. The van der Waals surface area contributed by atoms with Gasteiger partial charge < -0.3 is 4.90 Å². The lowest BCUT2D eigenvalue weighted by molar-refractivity contribution is -0.158. The summed E-state index contributed by atoms with van der Waals surface area (Å²) in [5, 5.41) is -0.813. The van der Waals surface area contributed by atoms with Crippen LogP contribution in [-0.4, -0.2) is 53.5 Å². The van der Waals surface area contributed by atoms with E-state index < -0.39 is 38.0 Å². The van der Waals surface area contributed by atoms with Crippen molar-refractivity contribution in [1.82, 2.24) is 9.80 Å². The number of piperazine rings is 1. The smallest absolute Gasteiger partial charge is 0.266 e. The van der Waals surface area contributed by atoms with Crippen molar-refractivity contribution in [1.29, 1.82) is 0 Å². The molecule has 4 fully saturated rings. The van der Waals surface area contributed by atoms with Gasteiger partial charge >= 0.3 is 0 Å². The van der Waals surface area contributed by atoms with Crippen LogP contribution in [0.1, 0.15) is 12.0 Å². The predicted octanol–water partition coefficient (Wildman–Crippen LogP) is 2.51. The summed E-state index contributed by atoms with van der Waals surface area (Å²) in [6.45, 7) is 0. The first-order chi connectivity index (χ1) is 14.7. The van der Waals surface area contributed by atoms with Crippen molar-refractivity contribution in [3.05, 3.63) is 60.2 Å². The molecule has 5 aliphatic rings. The molecule has 0 unspecified atom stereocenters. The van der Waals surface area contributed by atoms with E-state index in [1.807, 2.05) is 0 Å². The summed E-state index contributed by atoms with van der Waals surface area (Å²) >= 11 is 0. The number of para-hydroxylation sites is 1. The highest BCUT2D eigenvalue weighted by Gasteiger charge is 2.77. The van der Waals surface area contributed by atoms with Gasteiger partial charge in [-0.15, -0.1) is 0 Å². The van der Waals surface area contributed by atoms with Gasteiger partial charge in [0.15, 0.2) is 22.1 Å². The number of amides is 2. The molecule has 31 heavy (non-hydrogen) atoms. The van der Waals surface area contributed by atoms with Gasteiger partial charge in [0.05, 0.1) is 10.6 Å². The minimum absolute atomic E-state index is 0.00454. The van der Waals surface area contributed by atoms with Crippen LogP contribution >= 0.6 is 21.6 Å². The van der Waals surface area contributed by atoms with E-state index in [0.29, 0.717) is 0 Å². The first kappa shape index (κ1) is 19.4. The Labute approximate surface area is 186 Å². The van der Waals surface area contributed by atoms with Gasteiger partial charge in [-0.1, -0.05) is 58.0 Å². The van der Waals surface area contributed by atoms with Crippen molar-refractivity contribution in [2.75, 3.05) is 11.4 Å². The van der Waals surface area contributed by atoms with E-state index in [-0.39, 0.29) is 28.5 Å². The number of benzene rings is 2. The highest BCUT2D eigenvalue weighted by atomic mass is 33.1. The monoisotopic (exact) mass is 477 g/mol. The quantitative estimate of drug-likeness (QED) is 0.619. The van der Waals surface area contributed by atoms with Crippen molar-refractivity contribution < 1.29 is 22.4 Å². The number of hydrogen-bond donors (Lipinski definition) is 0. The second-order valence-corrected chi connectivity index (χ2v) is 12.4. The fraction of sp³-hybridized carbons (Fsp3) is 0.300. The number of sulfonamides is 1. The van der Waals surface area contributed by atoms with E-state index in [1.165, 1.54) is 39.8 Å². The molecule has 11 heteroatoms. The van der Waals surface area contributed by atoms with Crippen molar-refractivity contribution in [2.24, 2.45) is 0 Å². The molecule has 2 amide bonds. The van der Waals surface area contributed by atoms with Gasteiger partial charge in [0.1, 0.15) is 0 Å². The number of fused-ring (bicyclic) bond motifs is 5. The molecule has 0 N–H and O–H groups in total. The third-order valence-electron chi connectivity index (χ3n) is 6.38. The number of carbonyl (C=O) groups is 2. The highest BCUT2D eigenvalue weighted by molar-refractivity contribution is 8.78. The molecule has 2 aromatic carbocycles. The van der Waals surface area contributed by atoms with Crippen molar-refractivity contribution in [3.8, 4) is 0 Å². The van der Waals surface area contributed by atoms with E-state index in [0.717, 1.165) is 15.1 Å². The molecule has 160 valence electrons. The predicted molar refractivity (Wildman–Crippen MR) is 115 cm³/mol. The topological polar surface area (TPSA) is 78.0 Å². The summed E-state index contributed by atoms with van der Waals surface area (Å²) in [6, 6.07) is 14.1. The SMILES string of the molecule is CN1C(=O)[C@@]23C[C@]4(F)c5ccccc5N(S(=O)(=O)c5ccccc5)[C@@H]4N2C(=O)[C@@H]1SS3. The van der Waals surface area contributed by atoms with Crippen LogP contribution in [0.5, 0.6) is 0 Å². The van der Waals surface area contributed by atoms with Gasteiger partial charge in [0, 0.05) is 19.0 Å². The molecule has 2 aromatic rings. The van der Waals surface area contributed by atoms with E-state index in [9.17, 15) is 18.0 Å². The molecule has 7 rings (SSSR count). The summed E-state index contributed by atoms with van der Waals surface area (Å²) < 4.78 is 45.4. The molecule has 5 heterocycles. The van der Waals surface area contributed by atoms with Crippen LogP contribution in [0.25, 0.3) is 0 Å². The Hall–Kier alpha value is -2.24. The second-order valence-electron chi connectivity index (χ2n) is 7.98. The van der Waals surface area contributed by atoms with Crippen LogP contribution in [-0.2, 0) is 25.3 Å². The van der Waals surface area contributed by atoms with Crippen LogP contribution < -0.4 is 4.31 Å². The fourth-order valence-corrected chi connectivity index (χ4v) is 10.2. The fourth-order valence-electron chi connectivity index (χ4n) is 5.05. The van der Waals surface area contributed by atoms with E-state index in [4.69, 9.17) is 0 Å². The maximum absolute atomic E-state index is 16.9.